The number of aryl methyl sites for hydroxylation is 1. The Morgan fingerprint density at radius 3 is 2.20 bits per heavy atom. The summed E-state index contributed by atoms with van der Waals surface area (Å²) in [6.07, 6.45) is 6.07. The van der Waals surface area contributed by atoms with Crippen LogP contribution in [0.25, 0.3) is 5.57 Å². The molecule has 1 rings (SSSR count). The minimum Gasteiger partial charge on any atom is -0.0988 e. The molecule has 0 amide bonds. The molecule has 0 nitrogen and oxygen atoms in total. The molecule has 0 spiro atoms. The average molecular weight is 198 g/mol. The quantitative estimate of drug-likeness (QED) is 0.626. The maximum Gasteiger partial charge on any atom is -0.0227 e. The summed E-state index contributed by atoms with van der Waals surface area (Å²) in [6.45, 7) is 10.00. The second-order valence-corrected chi connectivity index (χ2v) is 3.83. The van der Waals surface area contributed by atoms with Crippen LogP contribution in [0.2, 0.25) is 0 Å². The summed E-state index contributed by atoms with van der Waals surface area (Å²) >= 11 is 0. The third-order valence-corrected chi connectivity index (χ3v) is 2.43. The van der Waals surface area contributed by atoms with E-state index in [-0.39, 0.29) is 0 Å². The fourth-order valence-corrected chi connectivity index (χ4v) is 1.24. The molecule has 0 aliphatic heterocycles. The van der Waals surface area contributed by atoms with Crippen molar-refractivity contribution < 1.29 is 0 Å². The zero-order valence-electron chi connectivity index (χ0n) is 9.75. The van der Waals surface area contributed by atoms with Gasteiger partial charge in [0.15, 0.2) is 0 Å². The first-order valence-electron chi connectivity index (χ1n) is 5.18. The van der Waals surface area contributed by atoms with Crippen LogP contribution in [0, 0.1) is 6.92 Å². The van der Waals surface area contributed by atoms with Gasteiger partial charge in [0.05, 0.1) is 0 Å². The molecular formula is C15H18. The van der Waals surface area contributed by atoms with Crippen LogP contribution in [0.4, 0.5) is 0 Å². The van der Waals surface area contributed by atoms with Crippen LogP contribution in [0.15, 0.2) is 54.6 Å². The molecule has 0 fully saturated rings. The smallest absolute Gasteiger partial charge is 0.0227 e. The van der Waals surface area contributed by atoms with Crippen molar-refractivity contribution in [1.29, 1.82) is 0 Å². The lowest BCUT2D eigenvalue weighted by Gasteiger charge is -2.01. The SMILES string of the molecule is C=C/C(C)=C\C=C(/C)c1ccc(C)cc1. The Morgan fingerprint density at radius 2 is 1.67 bits per heavy atom. The Hall–Kier alpha value is -1.56. The van der Waals surface area contributed by atoms with Crippen LogP contribution < -0.4 is 0 Å². The van der Waals surface area contributed by atoms with Crippen LogP contribution in [0.1, 0.15) is 25.0 Å². The summed E-state index contributed by atoms with van der Waals surface area (Å²) in [4.78, 5) is 0. The van der Waals surface area contributed by atoms with Gasteiger partial charge in [0.1, 0.15) is 0 Å². The van der Waals surface area contributed by atoms with Gasteiger partial charge in [-0.3, -0.25) is 0 Å². The molecule has 0 aliphatic rings. The Bertz CT molecular complexity index is 389. The summed E-state index contributed by atoms with van der Waals surface area (Å²) in [5.41, 5.74) is 5.02. The lowest BCUT2D eigenvalue weighted by Crippen LogP contribution is -1.79. The topological polar surface area (TPSA) is 0 Å². The Balaban J connectivity index is 2.89. The number of hydrogen-bond donors (Lipinski definition) is 0. The number of rotatable bonds is 3. The van der Waals surface area contributed by atoms with Crippen molar-refractivity contribution in [3.05, 3.63) is 65.8 Å². The second-order valence-electron chi connectivity index (χ2n) is 3.83. The number of hydrogen-bond acceptors (Lipinski definition) is 0. The van der Waals surface area contributed by atoms with E-state index in [2.05, 4.69) is 56.8 Å². The molecule has 0 heterocycles. The van der Waals surface area contributed by atoms with Gasteiger partial charge < -0.3 is 0 Å². The highest BCUT2D eigenvalue weighted by Gasteiger charge is 1.93. The molecule has 15 heavy (non-hydrogen) atoms. The van der Waals surface area contributed by atoms with E-state index < -0.39 is 0 Å². The molecule has 0 unspecified atom stereocenters. The fourth-order valence-electron chi connectivity index (χ4n) is 1.24. The first kappa shape index (κ1) is 11.5. The Labute approximate surface area is 92.6 Å². The number of allylic oxidation sites excluding steroid dienone is 5. The predicted octanol–water partition coefficient (Wildman–Crippen LogP) is 4.53. The molecule has 78 valence electrons. The zero-order chi connectivity index (χ0) is 11.3. The molecule has 1 aromatic rings. The van der Waals surface area contributed by atoms with Gasteiger partial charge in [0.2, 0.25) is 0 Å². The summed E-state index contributed by atoms with van der Waals surface area (Å²) in [5.74, 6) is 0. The predicted molar refractivity (Wildman–Crippen MR) is 68.8 cm³/mol. The highest BCUT2D eigenvalue weighted by molar-refractivity contribution is 5.65. The first-order chi connectivity index (χ1) is 7.13. The summed E-state index contributed by atoms with van der Waals surface area (Å²) in [6, 6.07) is 8.57. The largest absolute Gasteiger partial charge is 0.0988 e. The van der Waals surface area contributed by atoms with E-state index in [9.17, 15) is 0 Å². The zero-order valence-corrected chi connectivity index (χ0v) is 9.75. The van der Waals surface area contributed by atoms with Gasteiger partial charge in [-0.05, 0) is 31.9 Å². The third kappa shape index (κ3) is 3.59. The van der Waals surface area contributed by atoms with Crippen LogP contribution in [0.5, 0.6) is 0 Å². The summed E-state index contributed by atoms with van der Waals surface area (Å²) in [5, 5.41) is 0. The monoisotopic (exact) mass is 198 g/mol. The molecule has 0 saturated carbocycles. The van der Waals surface area contributed by atoms with Crippen molar-refractivity contribution in [3.63, 3.8) is 0 Å². The van der Waals surface area contributed by atoms with E-state index in [1.807, 2.05) is 13.0 Å². The van der Waals surface area contributed by atoms with Gasteiger partial charge in [-0.2, -0.15) is 0 Å². The molecule has 1 aromatic carbocycles. The molecule has 0 atom stereocenters. The summed E-state index contributed by atoms with van der Waals surface area (Å²) in [7, 11) is 0. The first-order valence-corrected chi connectivity index (χ1v) is 5.18. The lowest BCUT2D eigenvalue weighted by molar-refractivity contribution is 1.44. The van der Waals surface area contributed by atoms with Crippen molar-refractivity contribution in [2.75, 3.05) is 0 Å². The van der Waals surface area contributed by atoms with E-state index in [0.29, 0.717) is 0 Å². The van der Waals surface area contributed by atoms with E-state index in [4.69, 9.17) is 0 Å². The van der Waals surface area contributed by atoms with Gasteiger partial charge in [-0.1, -0.05) is 60.2 Å². The van der Waals surface area contributed by atoms with Gasteiger partial charge in [0.25, 0.3) is 0 Å². The maximum atomic E-state index is 3.73. The van der Waals surface area contributed by atoms with Crippen LogP contribution in [-0.4, -0.2) is 0 Å². The highest BCUT2D eigenvalue weighted by Crippen LogP contribution is 2.14. The van der Waals surface area contributed by atoms with E-state index in [1.54, 1.807) is 0 Å². The minimum absolute atomic E-state index is 1.18. The van der Waals surface area contributed by atoms with Crippen LogP contribution in [0.3, 0.4) is 0 Å². The van der Waals surface area contributed by atoms with Crippen molar-refractivity contribution in [1.82, 2.24) is 0 Å². The van der Waals surface area contributed by atoms with Gasteiger partial charge in [-0.25, -0.2) is 0 Å². The Kier molecular flexibility index (Phi) is 4.11. The molecular weight excluding hydrogens is 180 g/mol. The molecule has 0 aliphatic carbocycles. The average Bonchev–Trinajstić information content (AvgIpc) is 2.26. The molecule has 0 heteroatoms. The third-order valence-electron chi connectivity index (χ3n) is 2.43. The standard InChI is InChI=1S/C15H18/c1-5-12(2)6-9-14(4)15-10-7-13(3)8-11-15/h5-11H,1H2,2-4H3/b12-6-,14-9+. The van der Waals surface area contributed by atoms with Gasteiger partial charge >= 0.3 is 0 Å². The molecule has 0 bridgehead atoms. The van der Waals surface area contributed by atoms with Crippen molar-refractivity contribution >= 4 is 5.57 Å². The Morgan fingerprint density at radius 1 is 1.07 bits per heavy atom. The van der Waals surface area contributed by atoms with E-state index in [0.717, 1.165) is 0 Å². The fraction of sp³-hybridized carbons (Fsp3) is 0.200. The highest BCUT2D eigenvalue weighted by atomic mass is 14.0. The molecule has 0 radical (unpaired) electrons. The second kappa shape index (κ2) is 5.35. The van der Waals surface area contributed by atoms with Crippen molar-refractivity contribution in [2.24, 2.45) is 0 Å². The molecule has 0 N–H and O–H groups in total. The van der Waals surface area contributed by atoms with Crippen LogP contribution >= 0.6 is 0 Å². The number of benzene rings is 1. The lowest BCUT2D eigenvalue weighted by atomic mass is 10.1. The van der Waals surface area contributed by atoms with Gasteiger partial charge in [0, 0.05) is 0 Å². The summed E-state index contributed by atoms with van der Waals surface area (Å²) < 4.78 is 0. The van der Waals surface area contributed by atoms with Crippen LogP contribution in [-0.2, 0) is 0 Å². The molecule has 0 saturated heterocycles. The molecule has 0 aromatic heterocycles. The normalized spacial score (nSPS) is 12.7. The van der Waals surface area contributed by atoms with Crippen molar-refractivity contribution in [2.45, 2.75) is 20.8 Å². The maximum absolute atomic E-state index is 3.73. The van der Waals surface area contributed by atoms with E-state index in [1.165, 1.54) is 22.3 Å². The minimum atomic E-state index is 1.18. The van der Waals surface area contributed by atoms with Crippen molar-refractivity contribution in [3.8, 4) is 0 Å². The van der Waals surface area contributed by atoms with E-state index >= 15 is 0 Å². The van der Waals surface area contributed by atoms with Gasteiger partial charge in [-0.15, -0.1) is 0 Å².